The summed E-state index contributed by atoms with van der Waals surface area (Å²) in [5.41, 5.74) is 2.64. The zero-order valence-electron chi connectivity index (χ0n) is 10.8. The molecule has 0 aliphatic heterocycles. The molecule has 1 amide bonds. The number of rotatable bonds is 4. The van der Waals surface area contributed by atoms with Gasteiger partial charge < -0.3 is 9.88 Å². The van der Waals surface area contributed by atoms with Crippen molar-refractivity contribution in [3.05, 3.63) is 53.9 Å². The number of nitrogens with one attached hydrogen (secondary N) is 1. The Bertz CT molecular complexity index is 543. The van der Waals surface area contributed by atoms with E-state index in [9.17, 15) is 4.79 Å². The normalized spacial score (nSPS) is 10.3. The lowest BCUT2D eigenvalue weighted by molar-refractivity contribution is 0.101. The molecule has 1 aromatic heterocycles. The Labute approximate surface area is 107 Å². The molecule has 0 spiro atoms. The summed E-state index contributed by atoms with van der Waals surface area (Å²) in [5.74, 6) is -0.0530. The van der Waals surface area contributed by atoms with Gasteiger partial charge in [-0.25, -0.2) is 0 Å². The molecule has 0 bridgehead atoms. The van der Waals surface area contributed by atoms with Crippen LogP contribution in [0.5, 0.6) is 0 Å². The quantitative estimate of drug-likeness (QED) is 0.875. The Morgan fingerprint density at radius 1 is 1.22 bits per heavy atom. The number of nitrogens with zero attached hydrogens (tertiary/aromatic N) is 1. The van der Waals surface area contributed by atoms with Crippen LogP contribution in [0.2, 0.25) is 0 Å². The summed E-state index contributed by atoms with van der Waals surface area (Å²) in [6.45, 7) is 4.95. The van der Waals surface area contributed by atoms with Gasteiger partial charge in [-0.1, -0.05) is 25.1 Å². The topological polar surface area (TPSA) is 34.0 Å². The lowest BCUT2D eigenvalue weighted by Gasteiger charge is -2.10. The van der Waals surface area contributed by atoms with Crippen LogP contribution >= 0.6 is 0 Å². The second-order valence-electron chi connectivity index (χ2n) is 4.36. The van der Waals surface area contributed by atoms with E-state index in [1.165, 1.54) is 0 Å². The summed E-state index contributed by atoms with van der Waals surface area (Å²) >= 11 is 0. The highest BCUT2D eigenvalue weighted by molar-refractivity contribution is 6.03. The van der Waals surface area contributed by atoms with E-state index in [1.807, 2.05) is 54.1 Å². The smallest absolute Gasteiger partial charge is 0.272 e. The molecule has 0 unspecified atom stereocenters. The van der Waals surface area contributed by atoms with E-state index in [0.717, 1.165) is 24.2 Å². The fraction of sp³-hybridized carbons (Fsp3) is 0.267. The van der Waals surface area contributed by atoms with Crippen LogP contribution in [0.15, 0.2) is 42.6 Å². The number of hydrogen-bond acceptors (Lipinski definition) is 1. The Balaban J connectivity index is 2.17. The molecule has 18 heavy (non-hydrogen) atoms. The molecular formula is C15H18N2O. The summed E-state index contributed by atoms with van der Waals surface area (Å²) in [6.07, 6.45) is 2.95. The largest absolute Gasteiger partial charge is 0.344 e. The first-order valence-electron chi connectivity index (χ1n) is 6.24. The average Bonchev–Trinajstić information content (AvgIpc) is 2.81. The maximum absolute atomic E-state index is 12.2. The Morgan fingerprint density at radius 3 is 2.72 bits per heavy atom. The van der Waals surface area contributed by atoms with Gasteiger partial charge in [-0.3, -0.25) is 4.79 Å². The van der Waals surface area contributed by atoms with Gasteiger partial charge in [0, 0.05) is 18.4 Å². The predicted molar refractivity (Wildman–Crippen MR) is 73.9 cm³/mol. The zero-order chi connectivity index (χ0) is 13.0. The minimum Gasteiger partial charge on any atom is -0.344 e. The third kappa shape index (κ3) is 2.62. The maximum Gasteiger partial charge on any atom is 0.272 e. The van der Waals surface area contributed by atoms with Crippen molar-refractivity contribution in [1.29, 1.82) is 0 Å². The molecule has 1 N–H and O–H groups in total. The highest BCUT2D eigenvalue weighted by Gasteiger charge is 2.11. The van der Waals surface area contributed by atoms with E-state index in [0.29, 0.717) is 5.69 Å². The van der Waals surface area contributed by atoms with E-state index in [4.69, 9.17) is 0 Å². The predicted octanol–water partition coefficient (Wildman–Crippen LogP) is 3.46. The van der Waals surface area contributed by atoms with Crippen molar-refractivity contribution in [2.75, 3.05) is 5.32 Å². The molecule has 3 nitrogen and oxygen atoms in total. The summed E-state index contributed by atoms with van der Waals surface area (Å²) in [6, 6.07) is 11.5. The number of benzene rings is 1. The Hall–Kier alpha value is -2.03. The van der Waals surface area contributed by atoms with Gasteiger partial charge in [0.2, 0.25) is 0 Å². The van der Waals surface area contributed by atoms with Crippen LogP contribution in [0.25, 0.3) is 0 Å². The van der Waals surface area contributed by atoms with Crippen LogP contribution in [0.4, 0.5) is 5.69 Å². The summed E-state index contributed by atoms with van der Waals surface area (Å²) in [5, 5.41) is 2.95. The number of hydrogen-bond donors (Lipinski definition) is 1. The number of anilines is 1. The SMILES string of the molecule is CCCn1cccc1C(=O)Nc1ccccc1C. The van der Waals surface area contributed by atoms with Crippen molar-refractivity contribution >= 4 is 11.6 Å². The van der Waals surface area contributed by atoms with Gasteiger partial charge in [0.15, 0.2) is 0 Å². The van der Waals surface area contributed by atoms with E-state index >= 15 is 0 Å². The molecule has 94 valence electrons. The molecule has 3 heteroatoms. The first-order valence-corrected chi connectivity index (χ1v) is 6.24. The molecule has 0 aliphatic carbocycles. The molecular weight excluding hydrogens is 224 g/mol. The van der Waals surface area contributed by atoms with Crippen LogP contribution < -0.4 is 5.32 Å². The molecule has 1 aromatic carbocycles. The number of aromatic nitrogens is 1. The average molecular weight is 242 g/mol. The van der Waals surface area contributed by atoms with Gasteiger partial charge in [0.1, 0.15) is 5.69 Å². The second kappa shape index (κ2) is 5.54. The van der Waals surface area contributed by atoms with Crippen molar-refractivity contribution in [2.24, 2.45) is 0 Å². The lowest BCUT2D eigenvalue weighted by Crippen LogP contribution is -2.17. The van der Waals surface area contributed by atoms with E-state index in [-0.39, 0.29) is 5.91 Å². The molecule has 0 radical (unpaired) electrons. The first kappa shape index (κ1) is 12.4. The Morgan fingerprint density at radius 2 is 2.00 bits per heavy atom. The monoisotopic (exact) mass is 242 g/mol. The van der Waals surface area contributed by atoms with Crippen LogP contribution in [0, 0.1) is 6.92 Å². The van der Waals surface area contributed by atoms with Crippen LogP contribution in [0.3, 0.4) is 0 Å². The summed E-state index contributed by atoms with van der Waals surface area (Å²) < 4.78 is 1.98. The molecule has 2 rings (SSSR count). The fourth-order valence-corrected chi connectivity index (χ4v) is 1.96. The van der Waals surface area contributed by atoms with Gasteiger partial charge in [0.05, 0.1) is 0 Å². The van der Waals surface area contributed by atoms with Crippen LogP contribution in [0.1, 0.15) is 29.4 Å². The van der Waals surface area contributed by atoms with E-state index < -0.39 is 0 Å². The molecule has 2 aromatic rings. The van der Waals surface area contributed by atoms with E-state index in [2.05, 4.69) is 12.2 Å². The molecule has 1 heterocycles. The number of carbonyl (C=O) groups excluding carboxylic acids is 1. The van der Waals surface area contributed by atoms with Crippen molar-refractivity contribution in [1.82, 2.24) is 4.57 Å². The Kier molecular flexibility index (Phi) is 3.82. The molecule has 0 saturated carbocycles. The van der Waals surface area contributed by atoms with E-state index in [1.54, 1.807) is 0 Å². The van der Waals surface area contributed by atoms with Crippen molar-refractivity contribution in [3.63, 3.8) is 0 Å². The lowest BCUT2D eigenvalue weighted by atomic mass is 10.2. The van der Waals surface area contributed by atoms with Crippen molar-refractivity contribution in [2.45, 2.75) is 26.8 Å². The van der Waals surface area contributed by atoms with Gasteiger partial charge in [-0.05, 0) is 37.1 Å². The molecule has 0 saturated heterocycles. The number of carbonyl (C=O) groups is 1. The van der Waals surface area contributed by atoms with Gasteiger partial charge >= 0.3 is 0 Å². The third-order valence-corrected chi connectivity index (χ3v) is 2.92. The van der Waals surface area contributed by atoms with Gasteiger partial charge in [-0.2, -0.15) is 0 Å². The maximum atomic E-state index is 12.2. The number of aryl methyl sites for hydroxylation is 2. The van der Waals surface area contributed by atoms with Crippen molar-refractivity contribution in [3.8, 4) is 0 Å². The minimum absolute atomic E-state index is 0.0530. The van der Waals surface area contributed by atoms with Gasteiger partial charge in [-0.15, -0.1) is 0 Å². The first-order chi connectivity index (χ1) is 8.72. The minimum atomic E-state index is -0.0530. The standard InChI is InChI=1S/C15H18N2O/c1-3-10-17-11-6-9-14(17)15(18)16-13-8-5-4-7-12(13)2/h4-9,11H,3,10H2,1-2H3,(H,16,18). The highest BCUT2D eigenvalue weighted by atomic mass is 16.1. The summed E-state index contributed by atoms with van der Waals surface area (Å²) in [4.78, 5) is 12.2. The van der Waals surface area contributed by atoms with Gasteiger partial charge in [0.25, 0.3) is 5.91 Å². The van der Waals surface area contributed by atoms with Crippen molar-refractivity contribution < 1.29 is 4.79 Å². The van der Waals surface area contributed by atoms with Crippen LogP contribution in [-0.2, 0) is 6.54 Å². The molecule has 0 aliphatic rings. The van der Waals surface area contributed by atoms with Crippen LogP contribution in [-0.4, -0.2) is 10.5 Å². The third-order valence-electron chi connectivity index (χ3n) is 2.92. The highest BCUT2D eigenvalue weighted by Crippen LogP contribution is 2.15. The number of amides is 1. The zero-order valence-corrected chi connectivity index (χ0v) is 10.8. The molecule has 0 atom stereocenters. The number of para-hydroxylation sites is 1. The summed E-state index contributed by atoms with van der Waals surface area (Å²) in [7, 11) is 0. The molecule has 0 fully saturated rings. The fourth-order valence-electron chi connectivity index (χ4n) is 1.96. The second-order valence-corrected chi connectivity index (χ2v) is 4.36.